The van der Waals surface area contributed by atoms with Crippen LogP contribution in [-0.4, -0.2) is 11.7 Å². The first-order valence-corrected chi connectivity index (χ1v) is 10.7. The highest BCUT2D eigenvalue weighted by Crippen LogP contribution is 2.43. The fraction of sp³-hybridized carbons (Fsp3) is 0.143. The molecule has 0 saturated carbocycles. The molecule has 0 bridgehead atoms. The first-order valence-electron chi connectivity index (χ1n) is 8.35. The highest BCUT2D eigenvalue weighted by Gasteiger charge is 2.18. The first-order chi connectivity index (χ1) is 13.0. The molecule has 0 N–H and O–H groups in total. The molecule has 0 amide bonds. The lowest BCUT2D eigenvalue weighted by atomic mass is 10.0. The zero-order chi connectivity index (χ0) is 19.1. The summed E-state index contributed by atoms with van der Waals surface area (Å²) >= 11 is 15.8. The number of nitrogens with zero attached hydrogens (tertiary/aromatic N) is 1. The van der Waals surface area contributed by atoms with Crippen LogP contribution in [0.4, 0.5) is 0 Å². The quantitative estimate of drug-likeness (QED) is 0.319. The number of thiophene rings is 2. The summed E-state index contributed by atoms with van der Waals surface area (Å²) < 4.78 is 9.01. The zero-order valence-electron chi connectivity index (χ0n) is 15.0. The molecule has 0 fully saturated rings. The zero-order valence-corrected chi connectivity index (χ0v) is 18.2. The van der Waals surface area contributed by atoms with Gasteiger partial charge in [0.25, 0.3) is 0 Å². The van der Waals surface area contributed by atoms with Crippen molar-refractivity contribution < 1.29 is 4.74 Å². The molecule has 0 aliphatic rings. The monoisotopic (exact) mass is 433 g/mol. The van der Waals surface area contributed by atoms with E-state index in [2.05, 4.69) is 30.8 Å². The summed E-state index contributed by atoms with van der Waals surface area (Å²) in [5.74, 6) is 0.840. The third-order valence-electron chi connectivity index (χ3n) is 4.55. The second kappa shape index (κ2) is 7.36. The van der Waals surface area contributed by atoms with Crippen LogP contribution in [0.15, 0.2) is 48.8 Å². The molecule has 0 unspecified atom stereocenters. The summed E-state index contributed by atoms with van der Waals surface area (Å²) in [5.41, 5.74) is 5.71. The van der Waals surface area contributed by atoms with Gasteiger partial charge in [-0.2, -0.15) is 0 Å². The third-order valence-corrected chi connectivity index (χ3v) is 6.91. The second-order valence-corrected chi connectivity index (χ2v) is 10.0. The summed E-state index contributed by atoms with van der Waals surface area (Å²) in [5, 5.41) is 0. The van der Waals surface area contributed by atoms with Crippen LogP contribution in [0.25, 0.3) is 27.9 Å². The SMILES string of the molecule is COc1ccc(-n2cc(-c3cc(Cl)sc3C)c(-c3cc(Cl)sc3C)c2)cc1. The number of aryl methyl sites for hydroxylation is 2. The second-order valence-electron chi connectivity index (χ2n) is 6.23. The molecule has 4 aromatic rings. The van der Waals surface area contributed by atoms with Crippen molar-refractivity contribution >= 4 is 45.9 Å². The average molecular weight is 434 g/mol. The standard InChI is InChI=1S/C21H17Cl2NOS2/c1-12-16(8-20(22)26-12)18-10-24(14-4-6-15(25-3)7-5-14)11-19(18)17-9-21(23)27-13(17)2/h4-11H,1-3H3. The Morgan fingerprint density at radius 1 is 0.778 bits per heavy atom. The average Bonchev–Trinajstić information content (AvgIpc) is 3.31. The van der Waals surface area contributed by atoms with E-state index in [1.54, 1.807) is 29.8 Å². The summed E-state index contributed by atoms with van der Waals surface area (Å²) in [7, 11) is 1.67. The van der Waals surface area contributed by atoms with Crippen LogP contribution in [0.2, 0.25) is 8.67 Å². The Hall–Kier alpha value is -1.72. The minimum atomic E-state index is 0.797. The van der Waals surface area contributed by atoms with Crippen molar-refractivity contribution in [2.24, 2.45) is 0 Å². The molecule has 138 valence electrons. The van der Waals surface area contributed by atoms with E-state index >= 15 is 0 Å². The molecule has 2 nitrogen and oxygen atoms in total. The van der Waals surface area contributed by atoms with Crippen LogP contribution in [-0.2, 0) is 0 Å². The predicted octanol–water partition coefficient (Wildman–Crippen LogP) is 7.87. The van der Waals surface area contributed by atoms with E-state index in [4.69, 9.17) is 27.9 Å². The van der Waals surface area contributed by atoms with E-state index in [1.165, 1.54) is 9.75 Å². The smallest absolute Gasteiger partial charge is 0.119 e. The molecule has 0 saturated heterocycles. The van der Waals surface area contributed by atoms with E-state index in [0.717, 1.165) is 42.4 Å². The molecule has 0 aliphatic carbocycles. The van der Waals surface area contributed by atoms with Crippen LogP contribution in [0.3, 0.4) is 0 Å². The van der Waals surface area contributed by atoms with Crippen molar-refractivity contribution in [3.05, 3.63) is 67.2 Å². The van der Waals surface area contributed by atoms with Crippen molar-refractivity contribution in [1.29, 1.82) is 0 Å². The molecule has 27 heavy (non-hydrogen) atoms. The van der Waals surface area contributed by atoms with Crippen LogP contribution in [0.5, 0.6) is 5.75 Å². The fourth-order valence-electron chi connectivity index (χ4n) is 3.21. The summed E-state index contributed by atoms with van der Waals surface area (Å²) in [6.45, 7) is 4.21. The highest BCUT2D eigenvalue weighted by atomic mass is 35.5. The van der Waals surface area contributed by atoms with Gasteiger partial charge in [-0.3, -0.25) is 0 Å². The van der Waals surface area contributed by atoms with Crippen LogP contribution in [0, 0.1) is 13.8 Å². The van der Waals surface area contributed by atoms with Crippen LogP contribution >= 0.6 is 45.9 Å². The predicted molar refractivity (Wildman–Crippen MR) is 118 cm³/mol. The molecule has 3 heterocycles. The summed E-state index contributed by atoms with van der Waals surface area (Å²) in [6, 6.07) is 12.1. The Morgan fingerprint density at radius 2 is 1.26 bits per heavy atom. The molecule has 0 atom stereocenters. The van der Waals surface area contributed by atoms with Gasteiger partial charge < -0.3 is 9.30 Å². The van der Waals surface area contributed by atoms with Gasteiger partial charge in [0.2, 0.25) is 0 Å². The maximum Gasteiger partial charge on any atom is 0.119 e. The lowest BCUT2D eigenvalue weighted by Crippen LogP contribution is -1.90. The van der Waals surface area contributed by atoms with Gasteiger partial charge in [-0.05, 0) is 61.4 Å². The third kappa shape index (κ3) is 3.55. The number of hydrogen-bond acceptors (Lipinski definition) is 3. The van der Waals surface area contributed by atoms with Gasteiger partial charge in [-0.15, -0.1) is 22.7 Å². The topological polar surface area (TPSA) is 14.2 Å². The molecular weight excluding hydrogens is 417 g/mol. The first kappa shape index (κ1) is 18.6. The number of rotatable bonds is 4. The lowest BCUT2D eigenvalue weighted by Gasteiger charge is -2.04. The fourth-order valence-corrected chi connectivity index (χ4v) is 5.62. The molecule has 3 aromatic heterocycles. The van der Waals surface area contributed by atoms with Crippen LogP contribution < -0.4 is 4.74 Å². The van der Waals surface area contributed by atoms with E-state index in [1.807, 2.05) is 36.4 Å². The molecule has 0 radical (unpaired) electrons. The Morgan fingerprint density at radius 3 is 1.63 bits per heavy atom. The molecule has 6 heteroatoms. The largest absolute Gasteiger partial charge is 0.497 e. The van der Waals surface area contributed by atoms with Crippen molar-refractivity contribution in [2.75, 3.05) is 7.11 Å². The number of halogens is 2. The highest BCUT2D eigenvalue weighted by molar-refractivity contribution is 7.17. The maximum absolute atomic E-state index is 6.29. The van der Waals surface area contributed by atoms with Crippen molar-refractivity contribution in [1.82, 2.24) is 4.57 Å². The Labute approximate surface area is 176 Å². The molecule has 0 aliphatic heterocycles. The minimum absolute atomic E-state index is 0.797. The number of hydrogen-bond donors (Lipinski definition) is 0. The molecule has 0 spiro atoms. The lowest BCUT2D eigenvalue weighted by molar-refractivity contribution is 0.415. The normalized spacial score (nSPS) is 11.1. The summed E-state index contributed by atoms with van der Waals surface area (Å²) in [6.07, 6.45) is 4.32. The number of methoxy groups -OCH3 is 1. The van der Waals surface area contributed by atoms with Gasteiger partial charge >= 0.3 is 0 Å². The molecule has 4 rings (SSSR count). The maximum atomic E-state index is 6.29. The van der Waals surface area contributed by atoms with Gasteiger partial charge in [0, 0.05) is 39.0 Å². The van der Waals surface area contributed by atoms with Crippen molar-refractivity contribution in [3.8, 4) is 33.7 Å². The number of benzene rings is 1. The van der Waals surface area contributed by atoms with E-state index in [-0.39, 0.29) is 0 Å². The molecular formula is C21H17Cl2NOS2. The van der Waals surface area contributed by atoms with Gasteiger partial charge in [0.1, 0.15) is 5.75 Å². The Balaban J connectivity index is 1.91. The van der Waals surface area contributed by atoms with Gasteiger partial charge in [-0.1, -0.05) is 23.2 Å². The number of aromatic nitrogens is 1. The van der Waals surface area contributed by atoms with Gasteiger partial charge in [-0.25, -0.2) is 0 Å². The van der Waals surface area contributed by atoms with Crippen molar-refractivity contribution in [2.45, 2.75) is 13.8 Å². The van der Waals surface area contributed by atoms with E-state index in [0.29, 0.717) is 0 Å². The van der Waals surface area contributed by atoms with Crippen LogP contribution in [0.1, 0.15) is 9.75 Å². The summed E-state index contributed by atoms with van der Waals surface area (Å²) in [4.78, 5) is 2.40. The minimum Gasteiger partial charge on any atom is -0.497 e. The Kier molecular flexibility index (Phi) is 5.08. The van der Waals surface area contributed by atoms with Gasteiger partial charge in [0.05, 0.1) is 15.8 Å². The Bertz CT molecular complexity index is 1040. The van der Waals surface area contributed by atoms with E-state index in [9.17, 15) is 0 Å². The van der Waals surface area contributed by atoms with Gasteiger partial charge in [0.15, 0.2) is 0 Å². The molecule has 1 aromatic carbocycles. The number of ether oxygens (including phenoxy) is 1. The van der Waals surface area contributed by atoms with E-state index < -0.39 is 0 Å². The van der Waals surface area contributed by atoms with Crippen molar-refractivity contribution in [3.63, 3.8) is 0 Å².